The molecule has 0 aliphatic carbocycles. The zero-order valence-corrected chi connectivity index (χ0v) is 13.6. The van der Waals surface area contributed by atoms with Gasteiger partial charge in [0.15, 0.2) is 0 Å². The average Bonchev–Trinajstić information content (AvgIpc) is 2.72. The average molecular weight is 265 g/mol. The van der Waals surface area contributed by atoms with Gasteiger partial charge >= 0.3 is 0 Å². The molecule has 0 aliphatic heterocycles. The van der Waals surface area contributed by atoms with Crippen molar-refractivity contribution < 1.29 is 0 Å². The van der Waals surface area contributed by atoms with Gasteiger partial charge in [-0.3, -0.25) is 4.68 Å². The van der Waals surface area contributed by atoms with E-state index < -0.39 is 0 Å². The fourth-order valence-electron chi connectivity index (χ4n) is 2.80. The predicted molar refractivity (Wildman–Crippen MR) is 82.5 cm³/mol. The summed E-state index contributed by atoms with van der Waals surface area (Å²) in [6.45, 7) is 15.4. The summed E-state index contributed by atoms with van der Waals surface area (Å²) in [7, 11) is 0. The van der Waals surface area contributed by atoms with Crippen molar-refractivity contribution in [2.45, 2.75) is 73.4 Å². The van der Waals surface area contributed by atoms with Gasteiger partial charge in [-0.05, 0) is 31.7 Å². The molecule has 0 radical (unpaired) electrons. The first-order chi connectivity index (χ1) is 9.08. The first kappa shape index (κ1) is 16.2. The van der Waals surface area contributed by atoms with Crippen molar-refractivity contribution in [3.05, 3.63) is 17.0 Å². The van der Waals surface area contributed by atoms with E-state index in [0.717, 1.165) is 32.4 Å². The van der Waals surface area contributed by atoms with E-state index in [0.29, 0.717) is 12.0 Å². The molecule has 1 aromatic rings. The summed E-state index contributed by atoms with van der Waals surface area (Å²) in [6, 6.07) is 0.454. The Bertz CT molecular complexity index is 380. The Balaban J connectivity index is 3.21. The second-order valence-electron chi connectivity index (χ2n) is 5.61. The van der Waals surface area contributed by atoms with Gasteiger partial charge in [0.1, 0.15) is 0 Å². The molecule has 3 nitrogen and oxygen atoms in total. The van der Waals surface area contributed by atoms with E-state index in [1.54, 1.807) is 0 Å². The van der Waals surface area contributed by atoms with Gasteiger partial charge < -0.3 is 5.32 Å². The maximum Gasteiger partial charge on any atom is 0.0672 e. The van der Waals surface area contributed by atoms with Crippen LogP contribution in [0, 0.1) is 5.92 Å². The minimum absolute atomic E-state index is 0.454. The third kappa shape index (κ3) is 3.82. The van der Waals surface area contributed by atoms with Gasteiger partial charge in [-0.15, -0.1) is 0 Å². The number of aromatic nitrogens is 2. The summed E-state index contributed by atoms with van der Waals surface area (Å²) in [5, 5.41) is 8.48. The number of nitrogens with one attached hydrogen (secondary N) is 1. The van der Waals surface area contributed by atoms with Gasteiger partial charge in [-0.2, -0.15) is 5.10 Å². The third-order valence-corrected chi connectivity index (χ3v) is 3.59. The first-order valence-electron chi connectivity index (χ1n) is 7.90. The lowest BCUT2D eigenvalue weighted by atomic mass is 9.99. The molecule has 1 N–H and O–H groups in total. The molecular weight excluding hydrogens is 234 g/mol. The Labute approximate surface area is 118 Å². The van der Waals surface area contributed by atoms with Gasteiger partial charge in [-0.25, -0.2) is 0 Å². The Morgan fingerprint density at radius 1 is 1.11 bits per heavy atom. The van der Waals surface area contributed by atoms with Gasteiger partial charge in [0.05, 0.1) is 5.69 Å². The standard InChI is InChI=1S/C16H31N3/c1-7-13(17-10-4)16-14(8-2)18-19(11-12(5)6)15(16)9-3/h12-13,17H,7-11H2,1-6H3. The first-order valence-corrected chi connectivity index (χ1v) is 7.90. The second kappa shape index (κ2) is 7.68. The summed E-state index contributed by atoms with van der Waals surface area (Å²) >= 11 is 0. The molecule has 0 bridgehead atoms. The molecule has 0 saturated carbocycles. The maximum absolute atomic E-state index is 4.87. The molecule has 0 aliphatic rings. The van der Waals surface area contributed by atoms with Crippen molar-refractivity contribution >= 4 is 0 Å². The molecule has 0 amide bonds. The van der Waals surface area contributed by atoms with Gasteiger partial charge in [-0.1, -0.05) is 41.5 Å². The lowest BCUT2D eigenvalue weighted by molar-refractivity contribution is 0.464. The highest BCUT2D eigenvalue weighted by Crippen LogP contribution is 2.26. The number of rotatable bonds is 8. The fraction of sp³-hybridized carbons (Fsp3) is 0.812. The molecule has 0 spiro atoms. The van der Waals surface area contributed by atoms with Crippen LogP contribution in [0.2, 0.25) is 0 Å². The largest absolute Gasteiger partial charge is 0.310 e. The van der Waals surface area contributed by atoms with E-state index in [2.05, 4.69) is 51.5 Å². The molecule has 0 fully saturated rings. The quantitative estimate of drug-likeness (QED) is 0.776. The summed E-state index contributed by atoms with van der Waals surface area (Å²) < 4.78 is 2.25. The van der Waals surface area contributed by atoms with E-state index in [9.17, 15) is 0 Å². The summed E-state index contributed by atoms with van der Waals surface area (Å²) in [6.07, 6.45) is 3.22. The van der Waals surface area contributed by atoms with Crippen molar-refractivity contribution in [1.29, 1.82) is 0 Å². The molecule has 1 atom stereocenters. The van der Waals surface area contributed by atoms with Gasteiger partial charge in [0.2, 0.25) is 0 Å². The SMILES string of the molecule is CCNC(CC)c1c(CC)nn(CC(C)C)c1CC. The molecule has 3 heteroatoms. The van der Waals surface area contributed by atoms with Gasteiger partial charge in [0, 0.05) is 23.8 Å². The van der Waals surface area contributed by atoms with E-state index in [1.807, 2.05) is 0 Å². The van der Waals surface area contributed by atoms with Gasteiger partial charge in [0.25, 0.3) is 0 Å². The minimum Gasteiger partial charge on any atom is -0.310 e. The zero-order valence-electron chi connectivity index (χ0n) is 13.6. The monoisotopic (exact) mass is 265 g/mol. The van der Waals surface area contributed by atoms with E-state index >= 15 is 0 Å². The molecule has 1 unspecified atom stereocenters. The lowest BCUT2D eigenvalue weighted by Gasteiger charge is -2.18. The number of hydrogen-bond acceptors (Lipinski definition) is 2. The Morgan fingerprint density at radius 2 is 1.79 bits per heavy atom. The van der Waals surface area contributed by atoms with Crippen molar-refractivity contribution in [2.75, 3.05) is 6.54 Å². The number of aryl methyl sites for hydroxylation is 1. The van der Waals surface area contributed by atoms with Crippen LogP contribution in [0.25, 0.3) is 0 Å². The van der Waals surface area contributed by atoms with E-state index in [4.69, 9.17) is 5.10 Å². The highest BCUT2D eigenvalue weighted by atomic mass is 15.3. The molecule has 0 saturated heterocycles. The highest BCUT2D eigenvalue weighted by Gasteiger charge is 2.21. The number of hydrogen-bond donors (Lipinski definition) is 1. The zero-order chi connectivity index (χ0) is 14.4. The normalized spacial score (nSPS) is 13.2. The van der Waals surface area contributed by atoms with Crippen LogP contribution in [-0.2, 0) is 19.4 Å². The Hall–Kier alpha value is -0.830. The fourth-order valence-corrected chi connectivity index (χ4v) is 2.80. The Kier molecular flexibility index (Phi) is 6.56. The van der Waals surface area contributed by atoms with Crippen molar-refractivity contribution in [3.63, 3.8) is 0 Å². The number of nitrogens with zero attached hydrogens (tertiary/aromatic N) is 2. The van der Waals surface area contributed by atoms with Crippen LogP contribution >= 0.6 is 0 Å². The smallest absolute Gasteiger partial charge is 0.0672 e. The van der Waals surface area contributed by atoms with Crippen LogP contribution in [0.3, 0.4) is 0 Å². The van der Waals surface area contributed by atoms with Crippen molar-refractivity contribution in [2.24, 2.45) is 5.92 Å². The molecule has 1 rings (SSSR count). The van der Waals surface area contributed by atoms with Crippen molar-refractivity contribution in [3.8, 4) is 0 Å². The topological polar surface area (TPSA) is 29.9 Å². The minimum atomic E-state index is 0.454. The van der Waals surface area contributed by atoms with Crippen LogP contribution in [0.4, 0.5) is 0 Å². The van der Waals surface area contributed by atoms with Crippen molar-refractivity contribution in [1.82, 2.24) is 15.1 Å². The summed E-state index contributed by atoms with van der Waals surface area (Å²) in [4.78, 5) is 0. The molecular formula is C16H31N3. The third-order valence-electron chi connectivity index (χ3n) is 3.59. The Morgan fingerprint density at radius 3 is 2.21 bits per heavy atom. The summed E-state index contributed by atoms with van der Waals surface area (Å²) in [5.41, 5.74) is 4.18. The van der Waals surface area contributed by atoms with E-state index in [-0.39, 0.29) is 0 Å². The highest BCUT2D eigenvalue weighted by molar-refractivity contribution is 5.30. The second-order valence-corrected chi connectivity index (χ2v) is 5.61. The summed E-state index contributed by atoms with van der Waals surface area (Å²) in [5.74, 6) is 0.641. The molecule has 110 valence electrons. The molecule has 1 heterocycles. The van der Waals surface area contributed by atoms with Crippen LogP contribution in [0.5, 0.6) is 0 Å². The molecule has 1 aromatic heterocycles. The van der Waals surface area contributed by atoms with Crippen LogP contribution in [-0.4, -0.2) is 16.3 Å². The van der Waals surface area contributed by atoms with Crippen LogP contribution in [0.1, 0.15) is 71.0 Å². The maximum atomic E-state index is 4.87. The molecule has 0 aromatic carbocycles. The van der Waals surface area contributed by atoms with Crippen LogP contribution < -0.4 is 5.32 Å². The predicted octanol–water partition coefficient (Wildman–Crippen LogP) is 3.72. The lowest BCUT2D eigenvalue weighted by Crippen LogP contribution is -2.22. The molecule has 19 heavy (non-hydrogen) atoms. The van der Waals surface area contributed by atoms with E-state index in [1.165, 1.54) is 17.0 Å². The van der Waals surface area contributed by atoms with Crippen LogP contribution in [0.15, 0.2) is 0 Å².